The number of unbranched alkanes of at least 4 members (excludes halogenated alkanes) is 30. The quantitative estimate of drug-likeness (QED) is 0.0261. The molecule has 0 rings (SSSR count). The van der Waals surface area contributed by atoms with Gasteiger partial charge in [0, 0.05) is 19.3 Å². The lowest BCUT2D eigenvalue weighted by Crippen LogP contribution is -2.30. The van der Waals surface area contributed by atoms with Crippen LogP contribution in [-0.2, 0) is 28.6 Å². The first kappa shape index (κ1) is 76.8. The molecule has 0 aliphatic heterocycles. The largest absolute Gasteiger partial charge is 0.462 e. The SMILES string of the molecule is CC/C=C\C/C=C\C/C=C\C/C=C\C/C=C\C/C=C\CCCCCCCCCCCCCCCCC(=O)OCC(COC(=O)CCCCCCC/C=C\C/C=C\CCC)OC(=O)CCCCCCCCC/C=C\C/C=C\CCCCC. The van der Waals surface area contributed by atoms with E-state index in [0.717, 1.165) is 141 Å². The van der Waals surface area contributed by atoms with Gasteiger partial charge in [-0.25, -0.2) is 0 Å². The number of rotatable bonds is 61. The average molecular weight is 1120 g/mol. The Morgan fingerprint density at radius 3 is 0.802 bits per heavy atom. The Bertz CT molecular complexity index is 1670. The van der Waals surface area contributed by atoms with E-state index >= 15 is 0 Å². The van der Waals surface area contributed by atoms with Crippen LogP contribution in [0.1, 0.15) is 316 Å². The first-order valence-corrected chi connectivity index (χ1v) is 34.0. The molecule has 1 atom stereocenters. The lowest BCUT2D eigenvalue weighted by molar-refractivity contribution is -0.167. The van der Waals surface area contributed by atoms with Gasteiger partial charge in [0.05, 0.1) is 0 Å². The Balaban J connectivity index is 4.22. The van der Waals surface area contributed by atoms with Gasteiger partial charge in [-0.2, -0.15) is 0 Å². The van der Waals surface area contributed by atoms with Crippen molar-refractivity contribution >= 4 is 17.9 Å². The van der Waals surface area contributed by atoms with E-state index < -0.39 is 6.10 Å². The second-order valence-electron chi connectivity index (χ2n) is 22.3. The molecular formula is C75H126O6. The van der Waals surface area contributed by atoms with Crippen molar-refractivity contribution in [1.82, 2.24) is 0 Å². The van der Waals surface area contributed by atoms with E-state index in [-0.39, 0.29) is 31.1 Å². The van der Waals surface area contributed by atoms with Crippen molar-refractivity contribution in [1.29, 1.82) is 0 Å². The second-order valence-corrected chi connectivity index (χ2v) is 22.3. The van der Waals surface area contributed by atoms with Crippen LogP contribution in [0, 0.1) is 0 Å². The third-order valence-corrected chi connectivity index (χ3v) is 14.4. The van der Waals surface area contributed by atoms with Crippen LogP contribution < -0.4 is 0 Å². The maximum Gasteiger partial charge on any atom is 0.306 e. The van der Waals surface area contributed by atoms with Gasteiger partial charge < -0.3 is 14.2 Å². The van der Waals surface area contributed by atoms with Gasteiger partial charge in [-0.05, 0) is 128 Å². The number of allylic oxidation sites excluding steroid dienone is 20. The van der Waals surface area contributed by atoms with Crippen molar-refractivity contribution in [2.75, 3.05) is 13.2 Å². The standard InChI is InChI=1S/C75H126O6/c1-4-7-10-13-16-19-22-25-27-29-30-31-32-33-34-35-36-37-38-39-40-41-42-43-44-46-47-50-53-56-59-62-65-68-74(77)80-71-72(70-79-73(76)67-64-61-58-55-52-49-24-21-18-15-12-9-6-3)81-75(78)69-66-63-60-57-54-51-48-45-28-26-23-20-17-14-11-8-5-2/h7,10,12,15-17,19-21,24-28,30-31,33-34,36-37,72H,4-6,8-9,11,13-14,18,22-23,29,32,35,38-71H2,1-3H3/b10-7-,15-12-,19-16-,20-17-,24-21-,27-25-,28-26-,31-30-,34-33-,37-36-. The molecule has 81 heavy (non-hydrogen) atoms. The summed E-state index contributed by atoms with van der Waals surface area (Å²) in [6.45, 7) is 6.44. The van der Waals surface area contributed by atoms with Crippen LogP contribution in [0.2, 0.25) is 0 Å². The molecule has 6 nitrogen and oxygen atoms in total. The van der Waals surface area contributed by atoms with E-state index in [9.17, 15) is 14.4 Å². The summed E-state index contributed by atoms with van der Waals surface area (Å²) in [6, 6.07) is 0. The average Bonchev–Trinajstić information content (AvgIpc) is 3.46. The van der Waals surface area contributed by atoms with Crippen LogP contribution in [0.5, 0.6) is 0 Å². The summed E-state index contributed by atoms with van der Waals surface area (Å²) in [5, 5.41) is 0. The van der Waals surface area contributed by atoms with Crippen LogP contribution in [-0.4, -0.2) is 37.2 Å². The summed E-state index contributed by atoms with van der Waals surface area (Å²) < 4.78 is 16.9. The van der Waals surface area contributed by atoms with Crippen LogP contribution in [0.3, 0.4) is 0 Å². The summed E-state index contributed by atoms with van der Waals surface area (Å²) in [4.78, 5) is 38.3. The van der Waals surface area contributed by atoms with E-state index in [0.29, 0.717) is 19.3 Å². The van der Waals surface area contributed by atoms with Gasteiger partial charge in [0.15, 0.2) is 6.10 Å². The highest BCUT2D eigenvalue weighted by molar-refractivity contribution is 5.71. The van der Waals surface area contributed by atoms with E-state index in [1.165, 1.54) is 135 Å². The van der Waals surface area contributed by atoms with E-state index in [4.69, 9.17) is 14.2 Å². The van der Waals surface area contributed by atoms with Crippen molar-refractivity contribution in [2.24, 2.45) is 0 Å². The van der Waals surface area contributed by atoms with Gasteiger partial charge in [-0.15, -0.1) is 0 Å². The van der Waals surface area contributed by atoms with Crippen molar-refractivity contribution in [3.05, 3.63) is 122 Å². The van der Waals surface area contributed by atoms with Crippen LogP contribution in [0.15, 0.2) is 122 Å². The molecule has 0 bridgehead atoms. The third kappa shape index (κ3) is 66.5. The molecule has 0 aromatic heterocycles. The van der Waals surface area contributed by atoms with Gasteiger partial charge in [-0.3, -0.25) is 14.4 Å². The van der Waals surface area contributed by atoms with Crippen LogP contribution >= 0.6 is 0 Å². The highest BCUT2D eigenvalue weighted by Crippen LogP contribution is 2.16. The summed E-state index contributed by atoms with van der Waals surface area (Å²) in [7, 11) is 0. The third-order valence-electron chi connectivity index (χ3n) is 14.4. The molecule has 0 aromatic rings. The summed E-state index contributed by atoms with van der Waals surface area (Å²) >= 11 is 0. The molecule has 0 N–H and O–H groups in total. The number of esters is 3. The molecule has 0 amide bonds. The molecule has 0 spiro atoms. The normalized spacial score (nSPS) is 12.9. The predicted octanol–water partition coefficient (Wildman–Crippen LogP) is 23.6. The maximum atomic E-state index is 12.9. The van der Waals surface area contributed by atoms with E-state index in [2.05, 4.69) is 142 Å². The summed E-state index contributed by atoms with van der Waals surface area (Å²) in [5.74, 6) is -0.901. The fraction of sp³-hybridized carbons (Fsp3) is 0.693. The smallest absolute Gasteiger partial charge is 0.306 e. The molecular weight excluding hydrogens is 997 g/mol. The molecule has 0 aliphatic rings. The van der Waals surface area contributed by atoms with Gasteiger partial charge in [0.1, 0.15) is 13.2 Å². The minimum absolute atomic E-state index is 0.0860. The van der Waals surface area contributed by atoms with E-state index in [1.54, 1.807) is 0 Å². The van der Waals surface area contributed by atoms with Gasteiger partial charge in [0.25, 0.3) is 0 Å². The topological polar surface area (TPSA) is 78.9 Å². The molecule has 1 unspecified atom stereocenters. The van der Waals surface area contributed by atoms with Crippen molar-refractivity contribution in [2.45, 2.75) is 322 Å². The molecule has 0 saturated heterocycles. The number of hydrogen-bond acceptors (Lipinski definition) is 6. The molecule has 0 saturated carbocycles. The van der Waals surface area contributed by atoms with E-state index in [1.807, 2.05) is 0 Å². The lowest BCUT2D eigenvalue weighted by atomic mass is 10.0. The monoisotopic (exact) mass is 1120 g/mol. The zero-order chi connectivity index (χ0) is 58.5. The first-order valence-electron chi connectivity index (χ1n) is 34.0. The van der Waals surface area contributed by atoms with Crippen molar-refractivity contribution in [3.8, 4) is 0 Å². The predicted molar refractivity (Wildman–Crippen MR) is 353 cm³/mol. The Morgan fingerprint density at radius 2 is 0.506 bits per heavy atom. The van der Waals surface area contributed by atoms with Gasteiger partial charge in [-0.1, -0.05) is 290 Å². The Kier molecular flexibility index (Phi) is 64.8. The molecule has 0 heterocycles. The van der Waals surface area contributed by atoms with Crippen molar-refractivity contribution in [3.63, 3.8) is 0 Å². The zero-order valence-electron chi connectivity index (χ0n) is 53.0. The molecule has 0 aromatic carbocycles. The van der Waals surface area contributed by atoms with Crippen LogP contribution in [0.4, 0.5) is 0 Å². The Labute approximate surface area is 501 Å². The molecule has 6 heteroatoms. The summed E-state index contributed by atoms with van der Waals surface area (Å²) in [6.07, 6.45) is 95.0. The highest BCUT2D eigenvalue weighted by Gasteiger charge is 2.19. The minimum Gasteiger partial charge on any atom is -0.462 e. The molecule has 0 radical (unpaired) electrons. The van der Waals surface area contributed by atoms with Crippen LogP contribution in [0.25, 0.3) is 0 Å². The Hall–Kier alpha value is -4.19. The zero-order valence-corrected chi connectivity index (χ0v) is 53.0. The maximum absolute atomic E-state index is 12.9. The first-order chi connectivity index (χ1) is 40.0. The fourth-order valence-corrected chi connectivity index (χ4v) is 9.34. The molecule has 0 fully saturated rings. The lowest BCUT2D eigenvalue weighted by Gasteiger charge is -2.18. The molecule has 462 valence electrons. The highest BCUT2D eigenvalue weighted by atomic mass is 16.6. The molecule has 0 aliphatic carbocycles. The number of carbonyl (C=O) groups excluding carboxylic acids is 3. The van der Waals surface area contributed by atoms with Gasteiger partial charge in [0.2, 0.25) is 0 Å². The minimum atomic E-state index is -0.791. The number of hydrogen-bond donors (Lipinski definition) is 0. The number of carbonyl (C=O) groups is 3. The van der Waals surface area contributed by atoms with Gasteiger partial charge >= 0.3 is 17.9 Å². The Morgan fingerprint density at radius 1 is 0.259 bits per heavy atom. The van der Waals surface area contributed by atoms with Crippen molar-refractivity contribution < 1.29 is 28.6 Å². The second kappa shape index (κ2) is 68.3. The fourth-order valence-electron chi connectivity index (χ4n) is 9.34. The number of ether oxygens (including phenoxy) is 3. The summed E-state index contributed by atoms with van der Waals surface area (Å²) in [5.41, 5.74) is 0.